The second kappa shape index (κ2) is 14.5. The summed E-state index contributed by atoms with van der Waals surface area (Å²) in [5.74, 6) is 0. The molecule has 0 atom stereocenters. The number of fused-ring (bicyclic) bond motifs is 8. The Balaban J connectivity index is 1.05. The second-order valence-corrected chi connectivity index (χ2v) is 16.7. The van der Waals surface area contributed by atoms with Crippen LogP contribution in [0.15, 0.2) is 229 Å². The molecule has 3 heteroatoms. The molecule has 2 heterocycles. The number of anilines is 3. The first-order chi connectivity index (χ1) is 30.2. The Kier molecular flexibility index (Phi) is 8.39. The highest BCUT2D eigenvalue weighted by atomic mass is 32.1. The molecular formula is C58H37NOS. The predicted molar refractivity (Wildman–Crippen MR) is 261 cm³/mol. The minimum Gasteiger partial charge on any atom is -0.456 e. The summed E-state index contributed by atoms with van der Waals surface area (Å²) in [7, 11) is 0. The number of thiophene rings is 1. The average Bonchev–Trinajstić information content (AvgIpc) is 3.92. The van der Waals surface area contributed by atoms with E-state index in [2.05, 4.69) is 223 Å². The van der Waals surface area contributed by atoms with Gasteiger partial charge in [-0.15, -0.1) is 11.3 Å². The predicted octanol–water partition coefficient (Wildman–Crippen LogP) is 17.2. The topological polar surface area (TPSA) is 16.4 Å². The van der Waals surface area contributed by atoms with Crippen molar-refractivity contribution in [3.63, 3.8) is 0 Å². The lowest BCUT2D eigenvalue weighted by atomic mass is 9.89. The Morgan fingerprint density at radius 1 is 0.311 bits per heavy atom. The van der Waals surface area contributed by atoms with Gasteiger partial charge in [-0.3, -0.25) is 0 Å². The van der Waals surface area contributed by atoms with Gasteiger partial charge >= 0.3 is 0 Å². The molecule has 2 nitrogen and oxygen atoms in total. The summed E-state index contributed by atoms with van der Waals surface area (Å²) < 4.78 is 9.06. The van der Waals surface area contributed by atoms with E-state index in [0.29, 0.717) is 0 Å². The molecule has 61 heavy (non-hydrogen) atoms. The number of hydrogen-bond acceptors (Lipinski definition) is 3. The fourth-order valence-corrected chi connectivity index (χ4v) is 10.4. The smallest absolute Gasteiger partial charge is 0.136 e. The van der Waals surface area contributed by atoms with Gasteiger partial charge in [0.1, 0.15) is 11.2 Å². The molecular weight excluding hydrogens is 759 g/mol. The summed E-state index contributed by atoms with van der Waals surface area (Å²) in [6, 6.07) is 81.1. The van der Waals surface area contributed by atoms with Crippen molar-refractivity contribution in [1.29, 1.82) is 0 Å². The van der Waals surface area contributed by atoms with Gasteiger partial charge in [-0.05, 0) is 116 Å². The number of para-hydroxylation sites is 2. The first-order valence-electron chi connectivity index (χ1n) is 20.7. The molecule has 0 unspecified atom stereocenters. The molecule has 0 aliphatic rings. The van der Waals surface area contributed by atoms with Crippen molar-refractivity contribution in [2.24, 2.45) is 0 Å². The van der Waals surface area contributed by atoms with Gasteiger partial charge in [0.15, 0.2) is 0 Å². The SMILES string of the molecule is c1ccc(-c2ccc(N(c3ccc(-c4cc(-c5cccc6sc7ccccc7c56)c5ccc6oc7ccccc7c6c5c4)cc3)c3ccccc3-c3ccccc3)cc2)cc1. The Morgan fingerprint density at radius 3 is 1.67 bits per heavy atom. The van der Waals surface area contributed by atoms with E-state index in [0.717, 1.165) is 50.1 Å². The van der Waals surface area contributed by atoms with Crippen LogP contribution in [-0.4, -0.2) is 0 Å². The number of hydrogen-bond donors (Lipinski definition) is 0. The van der Waals surface area contributed by atoms with Crippen LogP contribution in [0.3, 0.4) is 0 Å². The van der Waals surface area contributed by atoms with Gasteiger partial charge in [0.05, 0.1) is 5.69 Å². The normalized spacial score (nSPS) is 11.6. The van der Waals surface area contributed by atoms with Crippen molar-refractivity contribution >= 4 is 81.3 Å². The molecule has 286 valence electrons. The second-order valence-electron chi connectivity index (χ2n) is 15.6. The maximum absolute atomic E-state index is 6.46. The monoisotopic (exact) mass is 795 g/mol. The average molecular weight is 796 g/mol. The molecule has 0 aliphatic heterocycles. The van der Waals surface area contributed by atoms with Crippen LogP contribution in [0, 0.1) is 0 Å². The van der Waals surface area contributed by atoms with Crippen LogP contribution in [0.25, 0.3) is 97.4 Å². The molecule has 0 N–H and O–H groups in total. The van der Waals surface area contributed by atoms with E-state index in [9.17, 15) is 0 Å². The molecule has 0 saturated heterocycles. The molecule has 12 rings (SSSR count). The van der Waals surface area contributed by atoms with Gasteiger partial charge < -0.3 is 9.32 Å². The van der Waals surface area contributed by atoms with Crippen LogP contribution >= 0.6 is 11.3 Å². The fraction of sp³-hybridized carbons (Fsp3) is 0. The van der Waals surface area contributed by atoms with Crippen LogP contribution in [0.5, 0.6) is 0 Å². The Morgan fingerprint density at radius 2 is 0.902 bits per heavy atom. The zero-order valence-corrected chi connectivity index (χ0v) is 33.9. The quantitative estimate of drug-likeness (QED) is 0.160. The molecule has 0 spiro atoms. The lowest BCUT2D eigenvalue weighted by Gasteiger charge is -2.28. The van der Waals surface area contributed by atoms with Gasteiger partial charge in [-0.1, -0.05) is 158 Å². The Hall–Kier alpha value is -7.72. The van der Waals surface area contributed by atoms with E-state index < -0.39 is 0 Å². The first kappa shape index (κ1) is 35.2. The number of rotatable bonds is 7. The van der Waals surface area contributed by atoms with E-state index >= 15 is 0 Å². The molecule has 0 saturated carbocycles. The standard InChI is InChI=1S/C58H37NOS/c1-3-14-38(15-4-1)39-26-30-43(31-27-39)59(52-22-10-7-18-45(52)41-16-5-2-6-17-41)44-32-28-40(29-33-44)42-36-50(47-21-13-25-56-58(47)49-20-9-12-24-55(49)61-56)46-34-35-54-57(51(46)37-42)48-19-8-11-23-53(48)60-54/h1-37H. The molecule has 10 aromatic carbocycles. The molecule has 0 radical (unpaired) electrons. The number of furan rings is 1. The van der Waals surface area contributed by atoms with Crippen LogP contribution < -0.4 is 4.90 Å². The minimum absolute atomic E-state index is 0.900. The van der Waals surface area contributed by atoms with Crippen LogP contribution in [0.2, 0.25) is 0 Å². The highest BCUT2D eigenvalue weighted by Crippen LogP contribution is 2.47. The lowest BCUT2D eigenvalue weighted by molar-refractivity contribution is 0.669. The van der Waals surface area contributed by atoms with E-state index in [-0.39, 0.29) is 0 Å². The Bertz CT molecular complexity index is 3570. The lowest BCUT2D eigenvalue weighted by Crippen LogP contribution is -2.11. The van der Waals surface area contributed by atoms with Gasteiger partial charge in [0.2, 0.25) is 0 Å². The van der Waals surface area contributed by atoms with E-state index in [1.54, 1.807) is 0 Å². The first-order valence-corrected chi connectivity index (χ1v) is 21.6. The van der Waals surface area contributed by atoms with Crippen LogP contribution in [0.1, 0.15) is 0 Å². The molecule has 0 aliphatic carbocycles. The Labute approximate surface area is 357 Å². The summed E-state index contributed by atoms with van der Waals surface area (Å²) in [6.45, 7) is 0. The third kappa shape index (κ3) is 6.01. The van der Waals surface area contributed by atoms with E-state index in [1.807, 2.05) is 17.4 Å². The van der Waals surface area contributed by atoms with Gasteiger partial charge in [0, 0.05) is 47.9 Å². The molecule has 0 bridgehead atoms. The van der Waals surface area contributed by atoms with Crippen LogP contribution in [-0.2, 0) is 0 Å². The molecule has 0 fully saturated rings. The largest absolute Gasteiger partial charge is 0.456 e. The molecule has 2 aromatic heterocycles. The fourth-order valence-electron chi connectivity index (χ4n) is 9.24. The summed E-state index contributed by atoms with van der Waals surface area (Å²) in [6.07, 6.45) is 0. The van der Waals surface area contributed by atoms with Crippen LogP contribution in [0.4, 0.5) is 17.1 Å². The molecule has 12 aromatic rings. The summed E-state index contributed by atoms with van der Waals surface area (Å²) in [5.41, 5.74) is 14.6. The maximum atomic E-state index is 6.46. The van der Waals surface area contributed by atoms with E-state index in [1.165, 1.54) is 64.3 Å². The van der Waals surface area contributed by atoms with Gasteiger partial charge in [-0.25, -0.2) is 0 Å². The summed E-state index contributed by atoms with van der Waals surface area (Å²) >= 11 is 1.86. The number of nitrogens with zero attached hydrogens (tertiary/aromatic N) is 1. The van der Waals surface area contributed by atoms with Crippen molar-refractivity contribution in [3.8, 4) is 44.5 Å². The van der Waals surface area contributed by atoms with Crippen molar-refractivity contribution in [2.75, 3.05) is 4.90 Å². The van der Waals surface area contributed by atoms with Crippen molar-refractivity contribution < 1.29 is 4.42 Å². The molecule has 0 amide bonds. The third-order valence-electron chi connectivity index (χ3n) is 12.1. The maximum Gasteiger partial charge on any atom is 0.136 e. The van der Waals surface area contributed by atoms with Crippen molar-refractivity contribution in [3.05, 3.63) is 224 Å². The summed E-state index contributed by atoms with van der Waals surface area (Å²) in [4.78, 5) is 2.39. The van der Waals surface area contributed by atoms with Crippen molar-refractivity contribution in [2.45, 2.75) is 0 Å². The summed E-state index contributed by atoms with van der Waals surface area (Å²) in [5, 5.41) is 7.28. The zero-order chi connectivity index (χ0) is 40.3. The minimum atomic E-state index is 0.900. The number of benzene rings is 10. The van der Waals surface area contributed by atoms with Crippen molar-refractivity contribution in [1.82, 2.24) is 0 Å². The third-order valence-corrected chi connectivity index (χ3v) is 13.2. The van der Waals surface area contributed by atoms with Gasteiger partial charge in [0.25, 0.3) is 0 Å². The zero-order valence-electron chi connectivity index (χ0n) is 33.1. The van der Waals surface area contributed by atoms with E-state index in [4.69, 9.17) is 4.42 Å². The highest BCUT2D eigenvalue weighted by Gasteiger charge is 2.20. The van der Waals surface area contributed by atoms with Gasteiger partial charge in [-0.2, -0.15) is 0 Å². The highest BCUT2D eigenvalue weighted by molar-refractivity contribution is 7.25.